The number of aromatic nitrogens is 2. The molecule has 1 aromatic heterocycles. The van der Waals surface area contributed by atoms with Crippen LogP contribution in [-0.2, 0) is 23.6 Å². The van der Waals surface area contributed by atoms with E-state index in [4.69, 9.17) is 0 Å². The van der Waals surface area contributed by atoms with Crippen molar-refractivity contribution in [1.82, 2.24) is 14.1 Å². The van der Waals surface area contributed by atoms with Crippen LogP contribution in [0.4, 0.5) is 5.69 Å². The van der Waals surface area contributed by atoms with Gasteiger partial charge in [-0.15, -0.1) is 0 Å². The number of nitro groups is 1. The molecule has 2 aromatic rings. The van der Waals surface area contributed by atoms with Gasteiger partial charge in [0.05, 0.1) is 11.1 Å². The number of rotatable bonds is 6. The Morgan fingerprint density at radius 1 is 1.36 bits per heavy atom. The second kappa shape index (κ2) is 6.24. The Kier molecular flexibility index (Phi) is 4.57. The molecule has 0 unspecified atom stereocenters. The van der Waals surface area contributed by atoms with Crippen LogP contribution in [-0.4, -0.2) is 34.0 Å². The lowest BCUT2D eigenvalue weighted by Crippen LogP contribution is -2.30. The average molecular weight is 324 g/mol. The first-order valence-electron chi connectivity index (χ1n) is 6.57. The van der Waals surface area contributed by atoms with Crippen LogP contribution in [0.2, 0.25) is 0 Å². The molecule has 0 aliphatic rings. The summed E-state index contributed by atoms with van der Waals surface area (Å²) in [5, 5.41) is 15.0. The molecule has 0 amide bonds. The summed E-state index contributed by atoms with van der Waals surface area (Å²) in [6.07, 6.45) is 3.27. The van der Waals surface area contributed by atoms with Gasteiger partial charge in [0.1, 0.15) is 0 Å². The predicted octanol–water partition coefficient (Wildman–Crippen LogP) is 1.54. The molecule has 1 aromatic carbocycles. The van der Waals surface area contributed by atoms with E-state index in [1.807, 2.05) is 0 Å². The summed E-state index contributed by atoms with van der Waals surface area (Å²) in [6, 6.07) is 5.34. The Balaban J connectivity index is 2.41. The van der Waals surface area contributed by atoms with Crippen molar-refractivity contribution >= 4 is 15.7 Å². The highest BCUT2D eigenvalue weighted by Gasteiger charge is 2.30. The second-order valence-corrected chi connectivity index (χ2v) is 6.58. The highest BCUT2D eigenvalue weighted by atomic mass is 32.2. The van der Waals surface area contributed by atoms with E-state index in [-0.39, 0.29) is 18.0 Å². The molecule has 0 atom stereocenters. The minimum atomic E-state index is -3.96. The fourth-order valence-corrected chi connectivity index (χ4v) is 3.68. The highest BCUT2D eigenvalue weighted by Crippen LogP contribution is 2.27. The molecule has 0 fully saturated rings. The van der Waals surface area contributed by atoms with E-state index in [1.54, 1.807) is 31.0 Å². The van der Waals surface area contributed by atoms with Gasteiger partial charge in [0.15, 0.2) is 4.90 Å². The first-order valence-corrected chi connectivity index (χ1v) is 8.01. The van der Waals surface area contributed by atoms with Crippen molar-refractivity contribution in [3.05, 3.63) is 52.3 Å². The third-order valence-electron chi connectivity index (χ3n) is 3.15. The quantitative estimate of drug-likeness (QED) is 0.593. The Bertz CT molecular complexity index is 785. The predicted molar refractivity (Wildman–Crippen MR) is 79.6 cm³/mol. The Morgan fingerprint density at radius 3 is 2.59 bits per heavy atom. The monoisotopic (exact) mass is 324 g/mol. The molecule has 22 heavy (non-hydrogen) atoms. The molecule has 0 N–H and O–H groups in total. The van der Waals surface area contributed by atoms with E-state index in [9.17, 15) is 18.5 Å². The molecule has 0 aliphatic heterocycles. The third kappa shape index (κ3) is 3.15. The lowest BCUT2D eigenvalue weighted by molar-refractivity contribution is -0.387. The van der Waals surface area contributed by atoms with E-state index < -0.39 is 20.6 Å². The van der Waals surface area contributed by atoms with Gasteiger partial charge in [0, 0.05) is 38.0 Å². The lowest BCUT2D eigenvalue weighted by Gasteiger charge is -2.19. The van der Waals surface area contributed by atoms with Crippen LogP contribution in [0.3, 0.4) is 0 Å². The molecule has 0 aliphatic carbocycles. The van der Waals surface area contributed by atoms with Crippen molar-refractivity contribution in [3.63, 3.8) is 0 Å². The van der Waals surface area contributed by atoms with Crippen LogP contribution in [0.25, 0.3) is 0 Å². The zero-order valence-corrected chi connectivity index (χ0v) is 13.0. The van der Waals surface area contributed by atoms with Crippen LogP contribution in [0.5, 0.6) is 0 Å². The summed E-state index contributed by atoms with van der Waals surface area (Å²) >= 11 is 0. The molecule has 8 nitrogen and oxygen atoms in total. The molecule has 9 heteroatoms. The average Bonchev–Trinajstić information content (AvgIpc) is 2.89. The Morgan fingerprint density at radius 2 is 2.05 bits per heavy atom. The molecule has 2 rings (SSSR count). The van der Waals surface area contributed by atoms with Gasteiger partial charge in [-0.1, -0.05) is 19.1 Å². The van der Waals surface area contributed by atoms with E-state index in [2.05, 4.69) is 5.10 Å². The number of sulfonamides is 1. The van der Waals surface area contributed by atoms with Gasteiger partial charge in [-0.25, -0.2) is 8.42 Å². The van der Waals surface area contributed by atoms with Crippen molar-refractivity contribution in [2.24, 2.45) is 7.05 Å². The maximum absolute atomic E-state index is 12.7. The van der Waals surface area contributed by atoms with Gasteiger partial charge in [-0.05, 0) is 6.07 Å². The fraction of sp³-hybridized carbons (Fsp3) is 0.308. The second-order valence-electron chi connectivity index (χ2n) is 4.68. The zero-order valence-electron chi connectivity index (χ0n) is 12.2. The summed E-state index contributed by atoms with van der Waals surface area (Å²) in [5.41, 5.74) is 0.290. The standard InChI is InChI=1S/C13H16N4O4S/c1-3-16(10-11-8-14-15(2)9-11)22(20,21)13-7-5-4-6-12(13)17(18)19/h4-9H,3,10H2,1-2H3. The summed E-state index contributed by atoms with van der Waals surface area (Å²) in [6.45, 7) is 1.99. The number of hydrogen-bond acceptors (Lipinski definition) is 5. The molecule has 0 spiro atoms. The van der Waals surface area contributed by atoms with Gasteiger partial charge < -0.3 is 0 Å². The van der Waals surface area contributed by atoms with Crippen molar-refractivity contribution in [1.29, 1.82) is 0 Å². The van der Waals surface area contributed by atoms with Crippen molar-refractivity contribution in [2.75, 3.05) is 6.54 Å². The van der Waals surface area contributed by atoms with Crippen LogP contribution < -0.4 is 0 Å². The molecule has 1 heterocycles. The van der Waals surface area contributed by atoms with Crippen LogP contribution in [0.1, 0.15) is 12.5 Å². The number of nitro benzene ring substituents is 1. The van der Waals surface area contributed by atoms with Gasteiger partial charge in [0.2, 0.25) is 10.0 Å². The summed E-state index contributed by atoms with van der Waals surface area (Å²) in [7, 11) is -2.23. The van der Waals surface area contributed by atoms with Gasteiger partial charge >= 0.3 is 0 Å². The normalized spacial score (nSPS) is 11.8. The summed E-state index contributed by atoms with van der Waals surface area (Å²) < 4.78 is 28.1. The van der Waals surface area contributed by atoms with Crippen LogP contribution in [0, 0.1) is 10.1 Å². The smallest absolute Gasteiger partial charge is 0.275 e. The Hall–Kier alpha value is -2.26. The van der Waals surface area contributed by atoms with E-state index in [0.717, 1.165) is 0 Å². The fourth-order valence-electron chi connectivity index (χ4n) is 2.09. The molecule has 0 saturated carbocycles. The minimum absolute atomic E-state index is 0.110. The maximum Gasteiger partial charge on any atom is 0.289 e. The molecule has 0 radical (unpaired) electrons. The number of hydrogen-bond donors (Lipinski definition) is 0. The van der Waals surface area contributed by atoms with Crippen molar-refractivity contribution in [3.8, 4) is 0 Å². The van der Waals surface area contributed by atoms with Gasteiger partial charge in [-0.3, -0.25) is 14.8 Å². The molecular formula is C13H16N4O4S. The molecule has 118 valence electrons. The van der Waals surface area contributed by atoms with E-state index in [1.165, 1.54) is 28.6 Å². The largest absolute Gasteiger partial charge is 0.289 e. The first kappa shape index (κ1) is 16.1. The first-order chi connectivity index (χ1) is 10.4. The minimum Gasteiger partial charge on any atom is -0.275 e. The van der Waals surface area contributed by atoms with Crippen molar-refractivity contribution in [2.45, 2.75) is 18.4 Å². The van der Waals surface area contributed by atoms with E-state index >= 15 is 0 Å². The topological polar surface area (TPSA) is 98.3 Å². The highest BCUT2D eigenvalue weighted by molar-refractivity contribution is 7.89. The number of nitrogens with zero attached hydrogens (tertiary/aromatic N) is 4. The maximum atomic E-state index is 12.7. The van der Waals surface area contributed by atoms with Crippen LogP contribution in [0.15, 0.2) is 41.6 Å². The van der Waals surface area contributed by atoms with E-state index in [0.29, 0.717) is 5.56 Å². The number of aryl methyl sites for hydroxylation is 1. The SMILES string of the molecule is CCN(Cc1cnn(C)c1)S(=O)(=O)c1ccccc1[N+](=O)[O-]. The molecule has 0 saturated heterocycles. The number of para-hydroxylation sites is 1. The third-order valence-corrected chi connectivity index (χ3v) is 5.12. The number of benzene rings is 1. The van der Waals surface area contributed by atoms with Gasteiger partial charge in [-0.2, -0.15) is 9.40 Å². The molecule has 0 bridgehead atoms. The lowest BCUT2D eigenvalue weighted by atomic mass is 10.3. The summed E-state index contributed by atoms with van der Waals surface area (Å²) in [4.78, 5) is 10.1. The Labute approximate surface area is 128 Å². The summed E-state index contributed by atoms with van der Waals surface area (Å²) in [5.74, 6) is 0. The van der Waals surface area contributed by atoms with Gasteiger partial charge in [0.25, 0.3) is 5.69 Å². The van der Waals surface area contributed by atoms with Crippen LogP contribution >= 0.6 is 0 Å². The van der Waals surface area contributed by atoms with Crippen molar-refractivity contribution < 1.29 is 13.3 Å². The molecular weight excluding hydrogens is 308 g/mol. The zero-order chi connectivity index (χ0) is 16.3.